The van der Waals surface area contributed by atoms with Gasteiger partial charge in [-0.15, -0.1) is 0 Å². The van der Waals surface area contributed by atoms with E-state index < -0.39 is 44.5 Å². The summed E-state index contributed by atoms with van der Waals surface area (Å²) in [6.45, 7) is 0.118. The summed E-state index contributed by atoms with van der Waals surface area (Å²) in [5, 5.41) is 2.43. The van der Waals surface area contributed by atoms with Gasteiger partial charge in [-0.25, -0.2) is 22.1 Å². The van der Waals surface area contributed by atoms with Crippen molar-refractivity contribution in [3.8, 4) is 0 Å². The van der Waals surface area contributed by atoms with Crippen LogP contribution in [-0.2, 0) is 26.5 Å². The fourth-order valence-electron chi connectivity index (χ4n) is 3.93. The highest BCUT2D eigenvalue weighted by atomic mass is 32.2. The summed E-state index contributed by atoms with van der Waals surface area (Å²) in [7, 11) is -2.92. The lowest BCUT2D eigenvalue weighted by atomic mass is 9.84. The van der Waals surface area contributed by atoms with Crippen molar-refractivity contribution in [2.75, 3.05) is 19.0 Å². The second-order valence-electron chi connectivity index (χ2n) is 7.79. The summed E-state index contributed by atoms with van der Waals surface area (Å²) >= 11 is 0. The number of hydrogen-bond acceptors (Lipinski definition) is 7. The number of nitrogens with zero attached hydrogens (tertiary/aromatic N) is 3. The third kappa shape index (κ3) is 3.96. The fraction of sp³-hybridized carbons (Fsp3) is 0.350. The van der Waals surface area contributed by atoms with Crippen LogP contribution in [0.15, 0.2) is 41.5 Å². The van der Waals surface area contributed by atoms with Crippen LogP contribution in [0, 0.1) is 5.82 Å². The Morgan fingerprint density at radius 2 is 2.03 bits per heavy atom. The first-order valence-electron chi connectivity index (χ1n) is 9.95. The predicted octanol–water partition coefficient (Wildman–Crippen LogP) is 2.41. The van der Waals surface area contributed by atoms with E-state index >= 15 is 4.39 Å². The number of nitrogens with two attached hydrogens (primary N) is 1. The van der Waals surface area contributed by atoms with E-state index in [0.717, 1.165) is 16.4 Å². The van der Waals surface area contributed by atoms with Crippen LogP contribution >= 0.6 is 0 Å². The molecular weight excluding hydrogens is 482 g/mol. The number of ether oxygens (including phenoxy) is 1. The first kappa shape index (κ1) is 23.9. The minimum absolute atomic E-state index is 0.0480. The van der Waals surface area contributed by atoms with E-state index in [1.54, 1.807) is 0 Å². The van der Waals surface area contributed by atoms with E-state index in [0.29, 0.717) is 18.7 Å². The molecule has 3 N–H and O–H groups in total. The van der Waals surface area contributed by atoms with Crippen LogP contribution in [0.3, 0.4) is 0 Å². The molecule has 182 valence electrons. The van der Waals surface area contributed by atoms with Crippen LogP contribution in [0.1, 0.15) is 34.5 Å². The Hall–Kier alpha value is -3.26. The van der Waals surface area contributed by atoms with Crippen LogP contribution in [0.5, 0.6) is 0 Å². The lowest BCUT2D eigenvalue weighted by molar-refractivity contribution is -0.137. The number of anilines is 1. The molecule has 0 saturated carbocycles. The molecule has 4 rings (SSSR count). The van der Waals surface area contributed by atoms with Crippen LogP contribution < -0.4 is 11.1 Å². The Morgan fingerprint density at radius 1 is 1.29 bits per heavy atom. The molecule has 1 aromatic heterocycles. The van der Waals surface area contributed by atoms with Gasteiger partial charge in [0.15, 0.2) is 0 Å². The molecule has 0 radical (unpaired) electrons. The van der Waals surface area contributed by atoms with Gasteiger partial charge >= 0.3 is 6.18 Å². The van der Waals surface area contributed by atoms with Crippen LogP contribution in [0.4, 0.5) is 23.2 Å². The van der Waals surface area contributed by atoms with Crippen molar-refractivity contribution in [1.82, 2.24) is 9.29 Å². The van der Waals surface area contributed by atoms with Gasteiger partial charge in [0.2, 0.25) is 11.4 Å². The number of nitrogens with one attached hydrogen (secondary N) is 1. The number of fused-ring (bicyclic) bond motifs is 1. The van der Waals surface area contributed by atoms with Gasteiger partial charge in [-0.1, -0.05) is 0 Å². The molecule has 2 atom stereocenters. The van der Waals surface area contributed by atoms with E-state index in [-0.39, 0.29) is 35.9 Å². The monoisotopic (exact) mass is 501 g/mol. The molecule has 1 amide bonds. The number of halogens is 4. The van der Waals surface area contributed by atoms with Gasteiger partial charge in [0.05, 0.1) is 5.56 Å². The highest BCUT2D eigenvalue weighted by Gasteiger charge is 2.56. The summed E-state index contributed by atoms with van der Waals surface area (Å²) in [4.78, 5) is 20.3. The number of benzene rings is 1. The number of aliphatic imine (C=N–C) groups is 1. The standard InChI is InChI=1S/C20H19F4N5O4S/c1-29-18(25)28-19(7-2-8-33-17(19)34(29,31)32)13-9-12(4-5-14(13)21)27-16(30)15-6-3-11(10-26-15)20(22,23)24/h3-6,9-10,17H,2,7-8H2,1H3,(H2,25,28)(H,27,30). The number of rotatable bonds is 3. The lowest BCUT2D eigenvalue weighted by Crippen LogP contribution is -2.60. The first-order valence-corrected chi connectivity index (χ1v) is 11.5. The Kier molecular flexibility index (Phi) is 5.76. The Balaban J connectivity index is 1.70. The predicted molar refractivity (Wildman–Crippen MR) is 113 cm³/mol. The van der Waals surface area contributed by atoms with Gasteiger partial charge in [-0.2, -0.15) is 13.2 Å². The Morgan fingerprint density at radius 3 is 2.68 bits per heavy atom. The van der Waals surface area contributed by atoms with E-state index in [2.05, 4.69) is 15.3 Å². The summed E-state index contributed by atoms with van der Waals surface area (Å²) < 4.78 is 85.3. The highest BCUT2D eigenvalue weighted by molar-refractivity contribution is 7.90. The average Bonchev–Trinajstić information content (AvgIpc) is 2.78. The number of pyridine rings is 1. The number of carbonyl (C=O) groups is 1. The van der Waals surface area contributed by atoms with E-state index in [1.165, 1.54) is 19.2 Å². The number of carbonyl (C=O) groups excluding carboxylic acids is 1. The number of aromatic nitrogens is 1. The van der Waals surface area contributed by atoms with Gasteiger partial charge in [-0.3, -0.25) is 9.78 Å². The smallest absolute Gasteiger partial charge is 0.369 e. The number of sulfonamides is 1. The first-order chi connectivity index (χ1) is 15.9. The van der Waals surface area contributed by atoms with Crippen LogP contribution in [0.25, 0.3) is 0 Å². The van der Waals surface area contributed by atoms with Crippen LogP contribution in [-0.4, -0.2) is 48.7 Å². The molecule has 1 saturated heterocycles. The molecule has 2 aromatic rings. The van der Waals surface area contributed by atoms with Crippen molar-refractivity contribution in [3.05, 3.63) is 59.2 Å². The number of guanidine groups is 1. The molecule has 9 nitrogen and oxygen atoms in total. The van der Waals surface area contributed by atoms with Crippen molar-refractivity contribution in [2.45, 2.75) is 30.0 Å². The molecule has 14 heteroatoms. The van der Waals surface area contributed by atoms with E-state index in [9.17, 15) is 26.4 Å². The zero-order valence-corrected chi connectivity index (χ0v) is 18.5. The minimum Gasteiger partial charge on any atom is -0.369 e. The molecule has 1 aromatic carbocycles. The maximum absolute atomic E-state index is 15.0. The van der Waals surface area contributed by atoms with Crippen LogP contribution in [0.2, 0.25) is 0 Å². The van der Waals surface area contributed by atoms with Crippen molar-refractivity contribution < 1.29 is 35.5 Å². The molecule has 2 aliphatic rings. The summed E-state index contributed by atoms with van der Waals surface area (Å²) in [5.74, 6) is -1.98. The lowest BCUT2D eigenvalue weighted by Gasteiger charge is -2.45. The van der Waals surface area contributed by atoms with Gasteiger partial charge in [0.25, 0.3) is 15.9 Å². The normalized spacial score (nSPS) is 24.2. The molecule has 0 bridgehead atoms. The number of hydrogen-bond donors (Lipinski definition) is 2. The van der Waals surface area contributed by atoms with Gasteiger partial charge < -0.3 is 15.8 Å². The molecule has 0 spiro atoms. The SMILES string of the molecule is CN1C(N)=NC2(c3cc(NC(=O)c4ccc(C(F)(F)F)cn4)ccc3F)CCCOC2S1(=O)=O. The second-order valence-corrected chi connectivity index (χ2v) is 9.80. The highest BCUT2D eigenvalue weighted by Crippen LogP contribution is 2.46. The molecule has 1 fully saturated rings. The molecule has 2 aliphatic heterocycles. The molecule has 0 aliphatic carbocycles. The Bertz CT molecular complexity index is 1270. The molecule has 2 unspecified atom stereocenters. The second kappa shape index (κ2) is 8.20. The van der Waals surface area contributed by atoms with Crippen molar-refractivity contribution >= 4 is 27.6 Å². The summed E-state index contributed by atoms with van der Waals surface area (Å²) in [5.41, 5.74) is 1.17. The Labute approximate surface area is 191 Å². The van der Waals surface area contributed by atoms with Gasteiger partial charge in [0.1, 0.15) is 17.1 Å². The molecular formula is C20H19F4N5O4S. The van der Waals surface area contributed by atoms with Crippen molar-refractivity contribution in [2.24, 2.45) is 10.7 Å². The maximum atomic E-state index is 15.0. The van der Waals surface area contributed by atoms with Gasteiger partial charge in [0, 0.05) is 31.1 Å². The molecule has 3 heterocycles. The van der Waals surface area contributed by atoms with E-state index in [4.69, 9.17) is 10.5 Å². The minimum atomic E-state index is -4.61. The average molecular weight is 501 g/mol. The van der Waals surface area contributed by atoms with Crippen molar-refractivity contribution in [3.63, 3.8) is 0 Å². The summed E-state index contributed by atoms with van der Waals surface area (Å²) in [6.07, 6.45) is -3.60. The number of amides is 1. The number of alkyl halides is 3. The third-order valence-electron chi connectivity index (χ3n) is 5.66. The van der Waals surface area contributed by atoms with Gasteiger partial charge in [-0.05, 0) is 43.2 Å². The maximum Gasteiger partial charge on any atom is 0.417 e. The fourth-order valence-corrected chi connectivity index (χ4v) is 5.57. The zero-order valence-electron chi connectivity index (χ0n) is 17.6. The summed E-state index contributed by atoms with van der Waals surface area (Å²) in [6, 6.07) is 5.05. The van der Waals surface area contributed by atoms with Crippen molar-refractivity contribution in [1.29, 1.82) is 0 Å². The molecule has 34 heavy (non-hydrogen) atoms. The quantitative estimate of drug-likeness (QED) is 0.622. The largest absolute Gasteiger partial charge is 0.417 e. The zero-order chi connectivity index (χ0) is 24.9. The topological polar surface area (TPSA) is 127 Å². The van der Waals surface area contributed by atoms with E-state index in [1.807, 2.05) is 0 Å². The third-order valence-corrected chi connectivity index (χ3v) is 7.68.